The van der Waals surface area contributed by atoms with Gasteiger partial charge >= 0.3 is 0 Å². The van der Waals surface area contributed by atoms with Gasteiger partial charge in [-0.2, -0.15) is 0 Å². The molecule has 0 saturated heterocycles. The molecule has 0 saturated carbocycles. The fourth-order valence-electron chi connectivity index (χ4n) is 2.04. The Morgan fingerprint density at radius 1 is 1.05 bits per heavy atom. The van der Waals surface area contributed by atoms with Crippen molar-refractivity contribution < 1.29 is 9.73 Å². The summed E-state index contributed by atoms with van der Waals surface area (Å²) in [4.78, 5) is 17.2. The van der Waals surface area contributed by atoms with E-state index in [0.29, 0.717) is 5.56 Å². The summed E-state index contributed by atoms with van der Waals surface area (Å²) < 4.78 is 0. The van der Waals surface area contributed by atoms with Gasteiger partial charge in [-0.1, -0.05) is 59.2 Å². The SMILES string of the molecule is O=C(NC1(c2ccccc2)C=NON1)c1ccccc1. The van der Waals surface area contributed by atoms with Crippen LogP contribution in [0, 0.1) is 0 Å². The van der Waals surface area contributed by atoms with E-state index in [1.807, 2.05) is 48.5 Å². The zero-order chi connectivity index (χ0) is 13.8. The third-order valence-corrected chi connectivity index (χ3v) is 3.08. The van der Waals surface area contributed by atoms with Crippen molar-refractivity contribution in [3.8, 4) is 0 Å². The summed E-state index contributed by atoms with van der Waals surface area (Å²) in [7, 11) is 0. The maximum absolute atomic E-state index is 12.3. The van der Waals surface area contributed by atoms with Gasteiger partial charge in [0.05, 0.1) is 6.21 Å². The third kappa shape index (κ3) is 2.26. The molecular formula is C15H13N3O2. The summed E-state index contributed by atoms with van der Waals surface area (Å²) in [6.45, 7) is 0. The predicted octanol–water partition coefficient (Wildman–Crippen LogP) is 1.79. The topological polar surface area (TPSA) is 62.7 Å². The Bertz CT molecular complexity index is 628. The van der Waals surface area contributed by atoms with E-state index in [4.69, 9.17) is 4.94 Å². The van der Waals surface area contributed by atoms with Crippen molar-refractivity contribution in [2.45, 2.75) is 5.66 Å². The van der Waals surface area contributed by atoms with Crippen LogP contribution in [0.25, 0.3) is 0 Å². The molecule has 2 aromatic rings. The summed E-state index contributed by atoms with van der Waals surface area (Å²) in [6, 6.07) is 18.5. The van der Waals surface area contributed by atoms with Gasteiger partial charge in [-0.25, -0.2) is 0 Å². The van der Waals surface area contributed by atoms with Gasteiger partial charge in [0.1, 0.15) is 0 Å². The molecule has 0 radical (unpaired) electrons. The quantitative estimate of drug-likeness (QED) is 0.891. The minimum absolute atomic E-state index is 0.209. The largest absolute Gasteiger partial charge is 0.323 e. The summed E-state index contributed by atoms with van der Waals surface area (Å²) in [6.07, 6.45) is 1.53. The van der Waals surface area contributed by atoms with E-state index in [2.05, 4.69) is 16.0 Å². The molecule has 3 rings (SSSR count). The lowest BCUT2D eigenvalue weighted by molar-refractivity contribution is 0.0201. The molecule has 0 fully saturated rings. The van der Waals surface area contributed by atoms with Crippen LogP contribution in [-0.2, 0) is 10.6 Å². The van der Waals surface area contributed by atoms with Gasteiger partial charge in [0.15, 0.2) is 5.66 Å². The van der Waals surface area contributed by atoms with Crippen molar-refractivity contribution in [3.05, 3.63) is 71.8 Å². The Labute approximate surface area is 116 Å². The molecule has 0 spiro atoms. The number of hydroxylamine groups is 1. The molecule has 1 aliphatic heterocycles. The van der Waals surface area contributed by atoms with Crippen LogP contribution in [0.4, 0.5) is 0 Å². The molecule has 0 aliphatic carbocycles. The second kappa shape index (κ2) is 5.14. The van der Waals surface area contributed by atoms with Crippen LogP contribution in [-0.4, -0.2) is 12.1 Å². The third-order valence-electron chi connectivity index (χ3n) is 3.08. The lowest BCUT2D eigenvalue weighted by Crippen LogP contribution is -2.54. The summed E-state index contributed by atoms with van der Waals surface area (Å²) in [5.74, 6) is -0.209. The second-order valence-electron chi connectivity index (χ2n) is 4.42. The van der Waals surface area contributed by atoms with Crippen LogP contribution in [0.1, 0.15) is 15.9 Å². The highest BCUT2D eigenvalue weighted by molar-refractivity contribution is 5.97. The van der Waals surface area contributed by atoms with Crippen molar-refractivity contribution in [3.63, 3.8) is 0 Å². The van der Waals surface area contributed by atoms with Crippen LogP contribution < -0.4 is 10.8 Å². The molecule has 5 nitrogen and oxygen atoms in total. The molecule has 2 aromatic carbocycles. The molecule has 0 bridgehead atoms. The molecule has 100 valence electrons. The van der Waals surface area contributed by atoms with Gasteiger partial charge < -0.3 is 5.32 Å². The molecule has 1 aliphatic rings. The van der Waals surface area contributed by atoms with Crippen molar-refractivity contribution >= 4 is 12.1 Å². The Morgan fingerprint density at radius 3 is 2.30 bits per heavy atom. The number of rotatable bonds is 3. The number of carbonyl (C=O) groups excluding carboxylic acids is 1. The number of nitrogens with zero attached hydrogens (tertiary/aromatic N) is 1. The lowest BCUT2D eigenvalue weighted by atomic mass is 10.0. The molecule has 20 heavy (non-hydrogen) atoms. The van der Waals surface area contributed by atoms with Crippen LogP contribution in [0.5, 0.6) is 0 Å². The number of carbonyl (C=O) groups is 1. The smallest absolute Gasteiger partial charge is 0.253 e. The molecular weight excluding hydrogens is 254 g/mol. The Hall–Kier alpha value is -2.66. The number of oxime groups is 1. The molecule has 2 N–H and O–H groups in total. The number of amides is 1. The first-order chi connectivity index (χ1) is 9.80. The summed E-state index contributed by atoms with van der Waals surface area (Å²) in [5.41, 5.74) is 3.20. The maximum atomic E-state index is 12.3. The van der Waals surface area contributed by atoms with Crippen molar-refractivity contribution in [2.75, 3.05) is 0 Å². The highest BCUT2D eigenvalue weighted by atomic mass is 16.8. The standard InChI is InChI=1S/C15H13N3O2/c19-14(12-7-3-1-4-8-12)17-15(11-16-20-18-15)13-9-5-2-6-10-13/h1-11,18H,(H,17,19). The van der Waals surface area contributed by atoms with E-state index < -0.39 is 5.66 Å². The Kier molecular flexibility index (Phi) is 3.18. The van der Waals surface area contributed by atoms with E-state index >= 15 is 0 Å². The van der Waals surface area contributed by atoms with Crippen molar-refractivity contribution in [1.82, 2.24) is 10.8 Å². The zero-order valence-electron chi connectivity index (χ0n) is 10.6. The van der Waals surface area contributed by atoms with E-state index in [1.165, 1.54) is 6.21 Å². The first-order valence-corrected chi connectivity index (χ1v) is 6.21. The Morgan fingerprint density at radius 2 is 1.70 bits per heavy atom. The molecule has 5 heteroatoms. The van der Waals surface area contributed by atoms with Gasteiger partial charge in [0.25, 0.3) is 5.91 Å². The second-order valence-corrected chi connectivity index (χ2v) is 4.42. The Balaban J connectivity index is 1.90. The van der Waals surface area contributed by atoms with Gasteiger partial charge in [0, 0.05) is 11.1 Å². The summed E-state index contributed by atoms with van der Waals surface area (Å²) >= 11 is 0. The van der Waals surface area contributed by atoms with Gasteiger partial charge in [-0.3, -0.25) is 9.73 Å². The number of hydrogen-bond donors (Lipinski definition) is 2. The molecule has 1 unspecified atom stereocenters. The maximum Gasteiger partial charge on any atom is 0.253 e. The first kappa shape index (κ1) is 12.4. The fraction of sp³-hybridized carbons (Fsp3) is 0.0667. The average Bonchev–Trinajstić information content (AvgIpc) is 2.99. The van der Waals surface area contributed by atoms with E-state index in [0.717, 1.165) is 5.56 Å². The lowest BCUT2D eigenvalue weighted by Gasteiger charge is -2.26. The van der Waals surface area contributed by atoms with Crippen LogP contribution in [0.2, 0.25) is 0 Å². The predicted molar refractivity (Wildman–Crippen MR) is 74.7 cm³/mol. The van der Waals surface area contributed by atoms with Gasteiger partial charge in [-0.15, -0.1) is 0 Å². The number of hydrogen-bond acceptors (Lipinski definition) is 4. The monoisotopic (exact) mass is 267 g/mol. The normalized spacial score (nSPS) is 20.4. The fourth-order valence-corrected chi connectivity index (χ4v) is 2.04. The van der Waals surface area contributed by atoms with Crippen molar-refractivity contribution in [2.24, 2.45) is 5.16 Å². The van der Waals surface area contributed by atoms with E-state index in [-0.39, 0.29) is 5.91 Å². The van der Waals surface area contributed by atoms with Gasteiger partial charge in [0.2, 0.25) is 0 Å². The van der Waals surface area contributed by atoms with Crippen molar-refractivity contribution in [1.29, 1.82) is 0 Å². The van der Waals surface area contributed by atoms with Crippen LogP contribution in [0.3, 0.4) is 0 Å². The van der Waals surface area contributed by atoms with Crippen LogP contribution >= 0.6 is 0 Å². The number of nitrogens with one attached hydrogen (secondary N) is 2. The molecule has 1 atom stereocenters. The summed E-state index contributed by atoms with van der Waals surface area (Å²) in [5, 5.41) is 6.61. The van der Waals surface area contributed by atoms with E-state index in [1.54, 1.807) is 12.1 Å². The zero-order valence-corrected chi connectivity index (χ0v) is 10.6. The molecule has 1 amide bonds. The molecule has 0 aromatic heterocycles. The minimum Gasteiger partial charge on any atom is -0.323 e. The van der Waals surface area contributed by atoms with Gasteiger partial charge in [-0.05, 0) is 12.1 Å². The van der Waals surface area contributed by atoms with Crippen LogP contribution in [0.15, 0.2) is 65.8 Å². The average molecular weight is 267 g/mol. The number of benzene rings is 2. The first-order valence-electron chi connectivity index (χ1n) is 6.21. The highest BCUT2D eigenvalue weighted by Gasteiger charge is 2.37. The van der Waals surface area contributed by atoms with E-state index in [9.17, 15) is 4.79 Å². The molecule has 1 heterocycles. The minimum atomic E-state index is -0.950. The highest BCUT2D eigenvalue weighted by Crippen LogP contribution is 2.20.